The van der Waals surface area contributed by atoms with Gasteiger partial charge in [-0.25, -0.2) is 0 Å². The summed E-state index contributed by atoms with van der Waals surface area (Å²) in [7, 11) is 0. The average molecular weight is 182 g/mol. The van der Waals surface area contributed by atoms with Crippen molar-refractivity contribution in [1.29, 1.82) is 0 Å². The van der Waals surface area contributed by atoms with Crippen LogP contribution < -0.4 is 0 Å². The molecule has 0 radical (unpaired) electrons. The molecule has 0 heterocycles. The molecule has 12 heavy (non-hydrogen) atoms. The van der Waals surface area contributed by atoms with Gasteiger partial charge in [-0.05, 0) is 32.6 Å². The van der Waals surface area contributed by atoms with E-state index in [-0.39, 0.29) is 25.7 Å². The van der Waals surface area contributed by atoms with Crippen molar-refractivity contribution in [2.45, 2.75) is 44.4 Å². The van der Waals surface area contributed by atoms with E-state index >= 15 is 0 Å². The van der Waals surface area contributed by atoms with Gasteiger partial charge >= 0.3 is 6.18 Å². The molecule has 1 N–H and O–H groups in total. The highest BCUT2D eigenvalue weighted by molar-refractivity contribution is 4.83. The number of alkyl halides is 3. The van der Waals surface area contributed by atoms with Crippen LogP contribution in [0.15, 0.2) is 0 Å². The number of hydrogen-bond acceptors (Lipinski definition) is 1. The van der Waals surface area contributed by atoms with E-state index in [1.54, 1.807) is 6.92 Å². The molecule has 1 fully saturated rings. The predicted molar refractivity (Wildman–Crippen MR) is 38.6 cm³/mol. The van der Waals surface area contributed by atoms with Crippen LogP contribution in [0, 0.1) is 5.92 Å². The Morgan fingerprint density at radius 1 is 1.25 bits per heavy atom. The first-order valence-electron chi connectivity index (χ1n) is 4.10. The second kappa shape index (κ2) is 2.91. The summed E-state index contributed by atoms with van der Waals surface area (Å²) in [6.07, 6.45) is -3.42. The molecule has 1 aliphatic carbocycles. The Labute approximate surface area is 69.6 Å². The first-order valence-corrected chi connectivity index (χ1v) is 4.10. The fourth-order valence-electron chi connectivity index (χ4n) is 1.57. The molecular weight excluding hydrogens is 169 g/mol. The summed E-state index contributed by atoms with van der Waals surface area (Å²) in [5, 5.41) is 9.39. The van der Waals surface area contributed by atoms with E-state index in [1.807, 2.05) is 0 Å². The van der Waals surface area contributed by atoms with Crippen molar-refractivity contribution in [2.24, 2.45) is 5.92 Å². The maximum absolute atomic E-state index is 12.1. The summed E-state index contributed by atoms with van der Waals surface area (Å²) in [6, 6.07) is 0. The number of hydrogen-bond donors (Lipinski definition) is 1. The molecule has 0 bridgehead atoms. The molecule has 0 amide bonds. The molecule has 1 aliphatic rings. The van der Waals surface area contributed by atoms with Crippen LogP contribution in [0.5, 0.6) is 0 Å². The fourth-order valence-corrected chi connectivity index (χ4v) is 1.57. The zero-order valence-corrected chi connectivity index (χ0v) is 6.99. The summed E-state index contributed by atoms with van der Waals surface area (Å²) >= 11 is 0. The van der Waals surface area contributed by atoms with Crippen LogP contribution in [0.1, 0.15) is 32.6 Å². The third kappa shape index (κ3) is 2.37. The van der Waals surface area contributed by atoms with E-state index in [9.17, 15) is 18.3 Å². The number of aliphatic hydroxyl groups is 1. The summed E-state index contributed by atoms with van der Waals surface area (Å²) in [5.74, 6) is -1.20. The first kappa shape index (κ1) is 9.84. The van der Waals surface area contributed by atoms with E-state index in [0.29, 0.717) is 0 Å². The average Bonchev–Trinajstić information content (AvgIpc) is 1.83. The van der Waals surface area contributed by atoms with Crippen LogP contribution in [0.2, 0.25) is 0 Å². The molecule has 1 nitrogen and oxygen atoms in total. The zero-order valence-electron chi connectivity index (χ0n) is 6.99. The minimum Gasteiger partial charge on any atom is -0.390 e. The second-order valence-corrected chi connectivity index (χ2v) is 3.81. The van der Waals surface area contributed by atoms with E-state index < -0.39 is 17.7 Å². The minimum absolute atomic E-state index is 0.0660. The maximum Gasteiger partial charge on any atom is 0.391 e. The molecule has 0 atom stereocenters. The van der Waals surface area contributed by atoms with Crippen molar-refractivity contribution >= 4 is 0 Å². The van der Waals surface area contributed by atoms with Gasteiger partial charge in [0.15, 0.2) is 0 Å². The van der Waals surface area contributed by atoms with Crippen LogP contribution in [0.25, 0.3) is 0 Å². The van der Waals surface area contributed by atoms with Gasteiger partial charge in [-0.1, -0.05) is 0 Å². The van der Waals surface area contributed by atoms with Gasteiger partial charge in [0.05, 0.1) is 11.5 Å². The normalized spacial score (nSPS) is 38.2. The largest absolute Gasteiger partial charge is 0.391 e. The van der Waals surface area contributed by atoms with Crippen molar-refractivity contribution in [3.63, 3.8) is 0 Å². The van der Waals surface area contributed by atoms with E-state index in [2.05, 4.69) is 0 Å². The Kier molecular flexibility index (Phi) is 2.38. The minimum atomic E-state index is -4.07. The van der Waals surface area contributed by atoms with Gasteiger partial charge in [-0.3, -0.25) is 0 Å². The van der Waals surface area contributed by atoms with Crippen LogP contribution in [-0.4, -0.2) is 16.9 Å². The fraction of sp³-hybridized carbons (Fsp3) is 1.00. The van der Waals surface area contributed by atoms with E-state index in [4.69, 9.17) is 0 Å². The Morgan fingerprint density at radius 2 is 1.67 bits per heavy atom. The smallest absolute Gasteiger partial charge is 0.390 e. The van der Waals surface area contributed by atoms with Gasteiger partial charge in [0.25, 0.3) is 0 Å². The van der Waals surface area contributed by atoms with E-state index in [1.165, 1.54) is 0 Å². The van der Waals surface area contributed by atoms with Crippen LogP contribution in [0.3, 0.4) is 0 Å². The molecule has 0 aliphatic heterocycles. The van der Waals surface area contributed by atoms with Crippen molar-refractivity contribution in [3.05, 3.63) is 0 Å². The zero-order chi connectivity index (χ0) is 9.41. The molecule has 0 aromatic rings. The third-order valence-electron chi connectivity index (χ3n) is 2.53. The lowest BCUT2D eigenvalue weighted by atomic mass is 9.80. The molecule has 72 valence electrons. The molecule has 0 saturated heterocycles. The van der Waals surface area contributed by atoms with Crippen LogP contribution >= 0.6 is 0 Å². The lowest BCUT2D eigenvalue weighted by Gasteiger charge is -2.33. The van der Waals surface area contributed by atoms with E-state index in [0.717, 1.165) is 0 Å². The standard InChI is InChI=1S/C8H13F3O/c1-7(12)4-2-6(3-5-7)8(9,10)11/h6,12H,2-5H2,1H3. The topological polar surface area (TPSA) is 20.2 Å². The van der Waals surface area contributed by atoms with Crippen molar-refractivity contribution < 1.29 is 18.3 Å². The Bertz CT molecular complexity index is 152. The lowest BCUT2D eigenvalue weighted by Crippen LogP contribution is -2.35. The molecule has 0 unspecified atom stereocenters. The van der Waals surface area contributed by atoms with Gasteiger partial charge in [0.1, 0.15) is 0 Å². The molecule has 0 aromatic heterocycles. The van der Waals surface area contributed by atoms with Crippen molar-refractivity contribution in [2.75, 3.05) is 0 Å². The molecule has 1 saturated carbocycles. The monoisotopic (exact) mass is 182 g/mol. The predicted octanol–water partition coefficient (Wildman–Crippen LogP) is 2.49. The van der Waals surface area contributed by atoms with Crippen LogP contribution in [0.4, 0.5) is 13.2 Å². The molecule has 4 heteroatoms. The quantitative estimate of drug-likeness (QED) is 0.610. The highest BCUT2D eigenvalue weighted by Crippen LogP contribution is 2.40. The summed E-state index contributed by atoms with van der Waals surface area (Å²) in [5.41, 5.74) is -0.873. The number of halogens is 3. The van der Waals surface area contributed by atoms with Gasteiger partial charge in [0.2, 0.25) is 0 Å². The van der Waals surface area contributed by atoms with Gasteiger partial charge in [-0.2, -0.15) is 13.2 Å². The SMILES string of the molecule is CC1(O)CCC(C(F)(F)F)CC1. The first-order chi connectivity index (χ1) is 5.31. The third-order valence-corrected chi connectivity index (χ3v) is 2.53. The number of rotatable bonds is 0. The Balaban J connectivity index is 2.47. The Morgan fingerprint density at radius 3 is 2.00 bits per heavy atom. The molecule has 0 aromatic carbocycles. The molecule has 0 spiro atoms. The summed E-state index contributed by atoms with van der Waals surface area (Å²) in [4.78, 5) is 0. The second-order valence-electron chi connectivity index (χ2n) is 3.81. The van der Waals surface area contributed by atoms with Crippen LogP contribution in [-0.2, 0) is 0 Å². The summed E-state index contributed by atoms with van der Waals surface area (Å²) in [6.45, 7) is 1.60. The Hall–Kier alpha value is -0.250. The highest BCUT2D eigenvalue weighted by Gasteiger charge is 2.43. The maximum atomic E-state index is 12.1. The highest BCUT2D eigenvalue weighted by atomic mass is 19.4. The summed E-state index contributed by atoms with van der Waals surface area (Å²) < 4.78 is 36.3. The molecular formula is C8H13F3O. The molecule has 1 rings (SSSR count). The lowest BCUT2D eigenvalue weighted by molar-refractivity contribution is -0.191. The van der Waals surface area contributed by atoms with Gasteiger partial charge < -0.3 is 5.11 Å². The van der Waals surface area contributed by atoms with Gasteiger partial charge in [-0.15, -0.1) is 0 Å². The van der Waals surface area contributed by atoms with Crippen molar-refractivity contribution in [1.82, 2.24) is 0 Å². The van der Waals surface area contributed by atoms with Gasteiger partial charge in [0, 0.05) is 0 Å². The van der Waals surface area contributed by atoms with Crippen molar-refractivity contribution in [3.8, 4) is 0 Å².